The first-order chi connectivity index (χ1) is 9.11. The molecule has 0 amide bonds. The van der Waals surface area contributed by atoms with Crippen molar-refractivity contribution in [1.82, 2.24) is 0 Å². The summed E-state index contributed by atoms with van der Waals surface area (Å²) in [6.07, 6.45) is 5.36. The molecule has 19 heavy (non-hydrogen) atoms. The molecule has 0 bridgehead atoms. The zero-order chi connectivity index (χ0) is 13.8. The van der Waals surface area contributed by atoms with E-state index in [4.69, 9.17) is 41.2 Å². The first-order valence-corrected chi connectivity index (χ1v) is 6.68. The molecule has 0 aliphatic rings. The topological polar surface area (TPSA) is 12.0 Å². The van der Waals surface area contributed by atoms with Gasteiger partial charge in [-0.05, 0) is 30.3 Å². The SMILES string of the molecule is C#Cc1cccc(NCc2c(Cl)ccc(Cl)c2Cl)c1. The molecule has 0 aromatic heterocycles. The summed E-state index contributed by atoms with van der Waals surface area (Å²) < 4.78 is 0. The Labute approximate surface area is 127 Å². The molecular formula is C15H10Cl3N. The van der Waals surface area contributed by atoms with E-state index in [2.05, 4.69) is 11.2 Å². The molecule has 0 saturated carbocycles. The van der Waals surface area contributed by atoms with Crippen LogP contribution in [0.15, 0.2) is 36.4 Å². The van der Waals surface area contributed by atoms with Crippen molar-refractivity contribution in [1.29, 1.82) is 0 Å². The fourth-order valence-corrected chi connectivity index (χ4v) is 2.32. The van der Waals surface area contributed by atoms with Gasteiger partial charge >= 0.3 is 0 Å². The standard InChI is InChI=1S/C15H10Cl3N/c1-2-10-4-3-5-11(8-10)19-9-12-13(16)6-7-14(17)15(12)18/h1,3-8,19H,9H2. The maximum absolute atomic E-state index is 6.13. The lowest BCUT2D eigenvalue weighted by Crippen LogP contribution is -2.01. The minimum Gasteiger partial charge on any atom is -0.381 e. The van der Waals surface area contributed by atoms with Gasteiger partial charge < -0.3 is 5.32 Å². The Morgan fingerprint density at radius 3 is 2.53 bits per heavy atom. The highest BCUT2D eigenvalue weighted by Crippen LogP contribution is 2.31. The van der Waals surface area contributed by atoms with Crippen LogP contribution in [-0.2, 0) is 6.54 Å². The van der Waals surface area contributed by atoms with Gasteiger partial charge in [-0.3, -0.25) is 0 Å². The van der Waals surface area contributed by atoms with Crippen LogP contribution in [0.4, 0.5) is 5.69 Å². The summed E-state index contributed by atoms with van der Waals surface area (Å²) in [4.78, 5) is 0. The van der Waals surface area contributed by atoms with E-state index in [-0.39, 0.29) is 0 Å². The maximum Gasteiger partial charge on any atom is 0.0657 e. The van der Waals surface area contributed by atoms with E-state index in [0.29, 0.717) is 21.6 Å². The molecule has 0 spiro atoms. The van der Waals surface area contributed by atoms with Crippen LogP contribution in [0.5, 0.6) is 0 Å². The van der Waals surface area contributed by atoms with Crippen LogP contribution in [0.25, 0.3) is 0 Å². The van der Waals surface area contributed by atoms with E-state index >= 15 is 0 Å². The van der Waals surface area contributed by atoms with Crippen LogP contribution in [0.2, 0.25) is 15.1 Å². The lowest BCUT2D eigenvalue weighted by molar-refractivity contribution is 1.15. The predicted molar refractivity (Wildman–Crippen MR) is 83.2 cm³/mol. The van der Waals surface area contributed by atoms with E-state index in [0.717, 1.165) is 16.8 Å². The zero-order valence-corrected chi connectivity index (χ0v) is 12.2. The maximum atomic E-state index is 6.13. The number of nitrogens with one attached hydrogen (secondary N) is 1. The van der Waals surface area contributed by atoms with Gasteiger partial charge in [0.25, 0.3) is 0 Å². The predicted octanol–water partition coefficient (Wildman–Crippen LogP) is 5.24. The first kappa shape index (κ1) is 14.1. The average molecular weight is 311 g/mol. The summed E-state index contributed by atoms with van der Waals surface area (Å²) in [6.45, 7) is 0.478. The van der Waals surface area contributed by atoms with Crippen LogP contribution in [-0.4, -0.2) is 0 Å². The quantitative estimate of drug-likeness (QED) is 0.604. The second-order valence-electron chi connectivity index (χ2n) is 3.90. The van der Waals surface area contributed by atoms with Crippen LogP contribution >= 0.6 is 34.8 Å². The molecule has 96 valence electrons. The lowest BCUT2D eigenvalue weighted by Gasteiger charge is -2.11. The summed E-state index contributed by atoms with van der Waals surface area (Å²) in [5, 5.41) is 4.75. The highest BCUT2D eigenvalue weighted by molar-refractivity contribution is 6.44. The monoisotopic (exact) mass is 309 g/mol. The minimum atomic E-state index is 0.467. The van der Waals surface area contributed by atoms with Crippen molar-refractivity contribution in [3.63, 3.8) is 0 Å². The van der Waals surface area contributed by atoms with Gasteiger partial charge in [0.15, 0.2) is 0 Å². The van der Waals surface area contributed by atoms with Crippen LogP contribution in [0.1, 0.15) is 11.1 Å². The van der Waals surface area contributed by atoms with E-state index in [1.807, 2.05) is 24.3 Å². The Morgan fingerprint density at radius 2 is 1.79 bits per heavy atom. The van der Waals surface area contributed by atoms with Gasteiger partial charge in [0.05, 0.1) is 10.0 Å². The Kier molecular flexibility index (Phi) is 4.61. The fraction of sp³-hybridized carbons (Fsp3) is 0.0667. The summed E-state index contributed by atoms with van der Waals surface area (Å²) in [6, 6.07) is 11.0. The van der Waals surface area contributed by atoms with Crippen molar-refractivity contribution in [2.45, 2.75) is 6.54 Å². The van der Waals surface area contributed by atoms with Gasteiger partial charge in [-0.25, -0.2) is 0 Å². The molecule has 0 saturated heterocycles. The minimum absolute atomic E-state index is 0.467. The van der Waals surface area contributed by atoms with Crippen molar-refractivity contribution in [3.8, 4) is 12.3 Å². The van der Waals surface area contributed by atoms with E-state index in [9.17, 15) is 0 Å². The van der Waals surface area contributed by atoms with Crippen molar-refractivity contribution in [3.05, 3.63) is 62.6 Å². The van der Waals surface area contributed by atoms with Crippen molar-refractivity contribution >= 4 is 40.5 Å². The van der Waals surface area contributed by atoms with Crippen molar-refractivity contribution in [2.24, 2.45) is 0 Å². The smallest absolute Gasteiger partial charge is 0.0657 e. The molecule has 0 aliphatic heterocycles. The molecule has 2 rings (SSSR count). The Hall–Kier alpha value is -1.33. The number of halogens is 3. The van der Waals surface area contributed by atoms with Crippen LogP contribution < -0.4 is 5.32 Å². The summed E-state index contributed by atoms with van der Waals surface area (Å²) >= 11 is 18.2. The largest absolute Gasteiger partial charge is 0.381 e. The molecule has 1 N–H and O–H groups in total. The number of rotatable bonds is 3. The molecule has 0 heterocycles. The highest BCUT2D eigenvalue weighted by Gasteiger charge is 2.09. The molecule has 0 radical (unpaired) electrons. The van der Waals surface area contributed by atoms with E-state index in [1.165, 1.54) is 0 Å². The number of terminal acetylenes is 1. The molecule has 0 unspecified atom stereocenters. The van der Waals surface area contributed by atoms with Gasteiger partial charge in [-0.2, -0.15) is 0 Å². The summed E-state index contributed by atoms with van der Waals surface area (Å²) in [5.74, 6) is 2.58. The second kappa shape index (κ2) is 6.21. The van der Waals surface area contributed by atoms with Crippen LogP contribution in [0.3, 0.4) is 0 Å². The molecule has 2 aromatic rings. The third-order valence-corrected chi connectivity index (χ3v) is 3.83. The Bertz CT molecular complexity index is 644. The van der Waals surface area contributed by atoms with E-state index < -0.39 is 0 Å². The molecular weight excluding hydrogens is 301 g/mol. The van der Waals surface area contributed by atoms with E-state index in [1.54, 1.807) is 12.1 Å². The molecule has 0 atom stereocenters. The molecule has 4 heteroatoms. The third-order valence-electron chi connectivity index (χ3n) is 2.64. The number of hydrogen-bond acceptors (Lipinski definition) is 1. The Balaban J connectivity index is 2.19. The second-order valence-corrected chi connectivity index (χ2v) is 5.09. The number of anilines is 1. The Morgan fingerprint density at radius 1 is 1.05 bits per heavy atom. The number of hydrogen-bond donors (Lipinski definition) is 1. The highest BCUT2D eigenvalue weighted by atomic mass is 35.5. The van der Waals surface area contributed by atoms with Gasteiger partial charge in [0.1, 0.15) is 0 Å². The molecule has 0 aliphatic carbocycles. The number of benzene rings is 2. The third kappa shape index (κ3) is 3.36. The van der Waals surface area contributed by atoms with Crippen molar-refractivity contribution in [2.75, 3.05) is 5.32 Å². The molecule has 1 nitrogen and oxygen atoms in total. The van der Waals surface area contributed by atoms with Gasteiger partial charge in [-0.1, -0.05) is 46.8 Å². The normalized spacial score (nSPS) is 10.0. The fourth-order valence-electron chi connectivity index (χ4n) is 1.64. The zero-order valence-electron chi connectivity index (χ0n) is 9.88. The molecule has 2 aromatic carbocycles. The summed E-state index contributed by atoms with van der Waals surface area (Å²) in [7, 11) is 0. The van der Waals surface area contributed by atoms with Gasteiger partial charge in [0.2, 0.25) is 0 Å². The van der Waals surface area contributed by atoms with Crippen molar-refractivity contribution < 1.29 is 0 Å². The van der Waals surface area contributed by atoms with Crippen LogP contribution in [0, 0.1) is 12.3 Å². The molecule has 0 fully saturated rings. The van der Waals surface area contributed by atoms with Gasteiger partial charge in [-0.15, -0.1) is 6.42 Å². The average Bonchev–Trinajstić information content (AvgIpc) is 2.43. The first-order valence-electron chi connectivity index (χ1n) is 5.54. The lowest BCUT2D eigenvalue weighted by atomic mass is 10.2. The van der Waals surface area contributed by atoms with Gasteiger partial charge in [0, 0.05) is 28.4 Å². The summed E-state index contributed by atoms with van der Waals surface area (Å²) in [5.41, 5.74) is 2.48.